The highest BCUT2D eigenvalue weighted by atomic mass is 79.9. The minimum absolute atomic E-state index is 0.0258. The monoisotopic (exact) mass is 366 g/mol. The Balaban J connectivity index is 0.000000394. The SMILES string of the molecule is Cc1c(O)cccc1Br.O=C[C@H](O)[C@@H](O)[C@H](O)[C@H](O)CO. The zero-order chi connectivity index (χ0) is 16.6. The number of carbonyl (C=O) groups is 1. The van der Waals surface area contributed by atoms with Crippen molar-refractivity contribution >= 4 is 22.2 Å². The highest BCUT2D eigenvalue weighted by Crippen LogP contribution is 2.23. The summed E-state index contributed by atoms with van der Waals surface area (Å²) in [5, 5.41) is 52.6. The maximum absolute atomic E-state index is 9.90. The predicted octanol–water partition coefficient (Wildman–Crippen LogP) is -0.916. The van der Waals surface area contributed by atoms with E-state index in [-0.39, 0.29) is 6.29 Å². The number of carbonyl (C=O) groups excluding carboxylic acids is 1. The fourth-order valence-corrected chi connectivity index (χ4v) is 1.57. The van der Waals surface area contributed by atoms with Gasteiger partial charge in [0.15, 0.2) is 6.29 Å². The van der Waals surface area contributed by atoms with Crippen LogP contribution in [0.1, 0.15) is 5.56 Å². The van der Waals surface area contributed by atoms with E-state index in [2.05, 4.69) is 15.9 Å². The van der Waals surface area contributed by atoms with Crippen LogP contribution in [0.15, 0.2) is 22.7 Å². The Kier molecular flexibility index (Phi) is 9.34. The first kappa shape index (κ1) is 20.0. The van der Waals surface area contributed by atoms with Crippen LogP contribution < -0.4 is 0 Å². The first-order chi connectivity index (χ1) is 9.76. The number of aldehydes is 1. The molecule has 4 atom stereocenters. The molecule has 0 heterocycles. The van der Waals surface area contributed by atoms with Crippen LogP contribution in [0.5, 0.6) is 5.75 Å². The van der Waals surface area contributed by atoms with Gasteiger partial charge in [-0.3, -0.25) is 0 Å². The second kappa shape index (κ2) is 9.82. The molecule has 0 aliphatic heterocycles. The Morgan fingerprint density at radius 1 is 1.19 bits per heavy atom. The van der Waals surface area contributed by atoms with E-state index in [1.165, 1.54) is 0 Å². The second-order valence-electron chi connectivity index (χ2n) is 4.24. The lowest BCUT2D eigenvalue weighted by Gasteiger charge is -2.22. The van der Waals surface area contributed by atoms with Crippen LogP contribution in [0.4, 0.5) is 0 Å². The molecule has 6 N–H and O–H groups in total. The number of hydrogen-bond acceptors (Lipinski definition) is 7. The summed E-state index contributed by atoms with van der Waals surface area (Å²) >= 11 is 3.29. The molecule has 0 saturated carbocycles. The number of hydrogen-bond donors (Lipinski definition) is 6. The van der Waals surface area contributed by atoms with E-state index < -0.39 is 31.0 Å². The van der Waals surface area contributed by atoms with Gasteiger partial charge in [0.2, 0.25) is 0 Å². The molecule has 1 rings (SSSR count). The van der Waals surface area contributed by atoms with Gasteiger partial charge in [-0.1, -0.05) is 22.0 Å². The van der Waals surface area contributed by atoms with E-state index in [1.807, 2.05) is 13.0 Å². The van der Waals surface area contributed by atoms with Gasteiger partial charge in [-0.15, -0.1) is 0 Å². The third kappa shape index (κ3) is 6.51. The van der Waals surface area contributed by atoms with Gasteiger partial charge in [0.1, 0.15) is 30.2 Å². The summed E-state index contributed by atoms with van der Waals surface area (Å²) in [6, 6.07) is 5.36. The summed E-state index contributed by atoms with van der Waals surface area (Å²) < 4.78 is 0.947. The maximum Gasteiger partial charge on any atom is 0.151 e. The highest BCUT2D eigenvalue weighted by molar-refractivity contribution is 9.10. The van der Waals surface area contributed by atoms with Gasteiger partial charge >= 0.3 is 0 Å². The molecule has 8 heteroatoms. The smallest absolute Gasteiger partial charge is 0.151 e. The molecule has 21 heavy (non-hydrogen) atoms. The van der Waals surface area contributed by atoms with Gasteiger partial charge in [-0.2, -0.15) is 0 Å². The van der Waals surface area contributed by atoms with Crippen molar-refractivity contribution < 1.29 is 35.4 Å². The summed E-state index contributed by atoms with van der Waals surface area (Å²) in [5.41, 5.74) is 0.887. The van der Waals surface area contributed by atoms with Crippen molar-refractivity contribution in [2.45, 2.75) is 31.3 Å². The quantitative estimate of drug-likeness (QED) is 0.370. The largest absolute Gasteiger partial charge is 0.508 e. The molecule has 0 spiro atoms. The van der Waals surface area contributed by atoms with Crippen LogP contribution in [0.25, 0.3) is 0 Å². The molecule has 0 aliphatic carbocycles. The number of aromatic hydroxyl groups is 1. The molecule has 7 nitrogen and oxygen atoms in total. The summed E-state index contributed by atoms with van der Waals surface area (Å²) in [5.74, 6) is 0.337. The van der Waals surface area contributed by atoms with Crippen molar-refractivity contribution in [3.63, 3.8) is 0 Å². The fraction of sp³-hybridized carbons (Fsp3) is 0.462. The Bertz CT molecular complexity index is 420. The summed E-state index contributed by atoms with van der Waals surface area (Å²) in [4.78, 5) is 9.90. The molecule has 0 aliphatic rings. The lowest BCUT2D eigenvalue weighted by atomic mass is 10.0. The molecular formula is C13H19BrO7. The molecule has 0 fully saturated rings. The van der Waals surface area contributed by atoms with Crippen molar-refractivity contribution in [3.8, 4) is 5.75 Å². The van der Waals surface area contributed by atoms with Gasteiger partial charge in [0, 0.05) is 10.0 Å². The topological polar surface area (TPSA) is 138 Å². The average molecular weight is 367 g/mol. The molecule has 1 aromatic carbocycles. The summed E-state index contributed by atoms with van der Waals surface area (Å²) in [7, 11) is 0. The molecule has 120 valence electrons. The van der Waals surface area contributed by atoms with Crippen LogP contribution in [0.2, 0.25) is 0 Å². The first-order valence-electron chi connectivity index (χ1n) is 5.98. The third-order valence-corrected chi connectivity index (χ3v) is 3.52. The maximum atomic E-state index is 9.90. The molecule has 0 aromatic heterocycles. The van der Waals surface area contributed by atoms with Crippen molar-refractivity contribution in [3.05, 3.63) is 28.2 Å². The van der Waals surface area contributed by atoms with E-state index >= 15 is 0 Å². The third-order valence-electron chi connectivity index (χ3n) is 2.66. The number of aliphatic hydroxyl groups is 5. The van der Waals surface area contributed by atoms with Crippen molar-refractivity contribution in [2.24, 2.45) is 0 Å². The fourth-order valence-electron chi connectivity index (χ4n) is 1.21. The molecule has 0 radical (unpaired) electrons. The van der Waals surface area contributed by atoms with Crippen LogP contribution >= 0.6 is 15.9 Å². The molecule has 0 saturated heterocycles. The van der Waals surface area contributed by atoms with Crippen LogP contribution in [-0.2, 0) is 4.79 Å². The number of benzene rings is 1. The average Bonchev–Trinajstić information content (AvgIpc) is 2.49. The molecule has 0 unspecified atom stereocenters. The van der Waals surface area contributed by atoms with E-state index in [0.717, 1.165) is 10.0 Å². The summed E-state index contributed by atoms with van der Waals surface area (Å²) in [6.07, 6.45) is -6.84. The predicted molar refractivity (Wildman–Crippen MR) is 77.7 cm³/mol. The molecule has 0 bridgehead atoms. The standard InChI is InChI=1S/C7H7BrO.C6H12O6/c1-5-6(8)3-2-4-7(5)9;7-1-3(9)5(11)6(12)4(10)2-8/h2-4,9H,1H3;1,3-6,8-12H,2H2/t;3-,4+,5+,6+/m.0/s1. The normalized spacial score (nSPS) is 16.1. The van der Waals surface area contributed by atoms with E-state index in [0.29, 0.717) is 5.75 Å². The Morgan fingerprint density at radius 3 is 2.14 bits per heavy atom. The van der Waals surface area contributed by atoms with Crippen molar-refractivity contribution in [1.82, 2.24) is 0 Å². The lowest BCUT2D eigenvalue weighted by molar-refractivity contribution is -0.136. The molecule has 0 amide bonds. The van der Waals surface area contributed by atoms with E-state index in [4.69, 9.17) is 30.6 Å². The number of phenols is 1. The van der Waals surface area contributed by atoms with E-state index in [9.17, 15) is 4.79 Å². The Morgan fingerprint density at radius 2 is 1.76 bits per heavy atom. The minimum atomic E-state index is -1.79. The highest BCUT2D eigenvalue weighted by Gasteiger charge is 2.29. The van der Waals surface area contributed by atoms with Gasteiger partial charge in [-0.05, 0) is 19.1 Å². The first-order valence-corrected chi connectivity index (χ1v) is 6.78. The van der Waals surface area contributed by atoms with Gasteiger partial charge < -0.3 is 35.4 Å². The van der Waals surface area contributed by atoms with Crippen LogP contribution in [0.3, 0.4) is 0 Å². The van der Waals surface area contributed by atoms with Gasteiger partial charge in [-0.25, -0.2) is 0 Å². The van der Waals surface area contributed by atoms with Gasteiger partial charge in [0.05, 0.1) is 6.61 Å². The number of phenolic OH excluding ortho intramolecular Hbond substituents is 1. The second-order valence-corrected chi connectivity index (χ2v) is 5.10. The minimum Gasteiger partial charge on any atom is -0.508 e. The Labute approximate surface area is 130 Å². The van der Waals surface area contributed by atoms with Crippen LogP contribution in [0, 0.1) is 6.92 Å². The number of aliphatic hydroxyl groups excluding tert-OH is 5. The van der Waals surface area contributed by atoms with Crippen LogP contribution in [-0.4, -0.2) is 67.9 Å². The van der Waals surface area contributed by atoms with E-state index in [1.54, 1.807) is 12.1 Å². The zero-order valence-electron chi connectivity index (χ0n) is 11.3. The van der Waals surface area contributed by atoms with Gasteiger partial charge in [0.25, 0.3) is 0 Å². The number of rotatable bonds is 5. The van der Waals surface area contributed by atoms with Crippen molar-refractivity contribution in [2.75, 3.05) is 6.61 Å². The lowest BCUT2D eigenvalue weighted by Crippen LogP contribution is -2.46. The van der Waals surface area contributed by atoms with Crippen molar-refractivity contribution in [1.29, 1.82) is 0 Å². The number of halogens is 1. The zero-order valence-corrected chi connectivity index (χ0v) is 12.9. The molecular weight excluding hydrogens is 348 g/mol. The molecule has 1 aromatic rings. The Hall–Kier alpha value is -1.03. The summed E-state index contributed by atoms with van der Waals surface area (Å²) in [6.45, 7) is 1.10.